The van der Waals surface area contributed by atoms with E-state index in [2.05, 4.69) is 0 Å². The van der Waals surface area contributed by atoms with Crippen molar-refractivity contribution in [1.29, 1.82) is 5.26 Å². The van der Waals surface area contributed by atoms with Crippen LogP contribution in [0.25, 0.3) is 12.3 Å². The Morgan fingerprint density at radius 3 is 1.73 bits per heavy atom. The summed E-state index contributed by atoms with van der Waals surface area (Å²) in [7, 11) is 0. The van der Waals surface area contributed by atoms with Gasteiger partial charge in [0.05, 0.1) is 11.6 Å². The zero-order chi connectivity index (χ0) is 5.82. The van der Waals surface area contributed by atoms with Gasteiger partial charge in [0.2, 0.25) is 0 Å². The maximum atomic E-state index is 8.29. The van der Waals surface area contributed by atoms with Gasteiger partial charge in [0.25, 0.3) is 0 Å². The average molecular weight is 199 g/mol. The van der Waals surface area contributed by atoms with Gasteiger partial charge in [-0.05, 0) is 12.1 Å². The van der Waals surface area contributed by atoms with Crippen molar-refractivity contribution in [3.05, 3.63) is 48.2 Å². The number of hydrogen-bond acceptors (Lipinski definition) is 1. The maximum absolute atomic E-state index is 8.29. The van der Waals surface area contributed by atoms with Gasteiger partial charge >= 0.3 is 17.1 Å². The number of nitrogens with two attached hydrogens (primary N) is 2. The molecule has 11 heavy (non-hydrogen) atoms. The molecule has 1 rings (SSSR count). The van der Waals surface area contributed by atoms with Gasteiger partial charge < -0.3 is 12.3 Å². The normalized spacial score (nSPS) is 5.73. The van der Waals surface area contributed by atoms with Crippen molar-refractivity contribution in [3.8, 4) is 6.07 Å². The van der Waals surface area contributed by atoms with Crippen LogP contribution >= 0.6 is 0 Å². The molecule has 0 saturated heterocycles. The smallest absolute Gasteiger partial charge is 0.693 e. The topological polar surface area (TPSA) is 90.8 Å². The van der Waals surface area contributed by atoms with Crippen LogP contribution in [0.15, 0.2) is 30.3 Å². The fourth-order valence-electron chi connectivity index (χ4n) is 0.513. The second-order valence-corrected chi connectivity index (χ2v) is 1.48. The molecule has 0 aliphatic carbocycles. The molecule has 4 N–H and O–H groups in total. The van der Waals surface area contributed by atoms with E-state index in [0.717, 1.165) is 0 Å². The number of hydrogen-bond donors (Lipinski definition) is 0. The molecule has 1 aromatic rings. The van der Waals surface area contributed by atoms with Crippen LogP contribution < -0.4 is 0 Å². The third kappa shape index (κ3) is 5.59. The number of rotatable bonds is 0. The van der Waals surface area contributed by atoms with E-state index in [1.54, 1.807) is 12.1 Å². The fourth-order valence-corrected chi connectivity index (χ4v) is 0.513. The first kappa shape index (κ1) is 16.6. The summed E-state index contributed by atoms with van der Waals surface area (Å²) >= 11 is 0. The summed E-state index contributed by atoms with van der Waals surface area (Å²) in [5.41, 5.74) is 0.715. The van der Waals surface area contributed by atoms with E-state index in [1.807, 2.05) is 24.3 Å². The zero-order valence-corrected chi connectivity index (χ0v) is 6.73. The Hall–Kier alpha value is -0.851. The van der Waals surface area contributed by atoms with E-state index in [0.29, 0.717) is 5.56 Å². The molecular weight excluding hydrogens is 190 g/mol. The molecule has 0 aliphatic rings. The first-order valence-electron chi connectivity index (χ1n) is 2.38. The van der Waals surface area contributed by atoms with E-state index < -0.39 is 0 Å². The van der Waals surface area contributed by atoms with E-state index >= 15 is 0 Å². The Kier molecular flexibility index (Phi) is 13.8. The third-order valence-corrected chi connectivity index (χ3v) is 0.903. The maximum Gasteiger partial charge on any atom is 2.00 e. The Morgan fingerprint density at radius 2 is 1.45 bits per heavy atom. The molecule has 3 nitrogen and oxygen atoms in total. The second kappa shape index (κ2) is 9.15. The summed E-state index contributed by atoms with van der Waals surface area (Å²) < 4.78 is 0. The van der Waals surface area contributed by atoms with Crippen LogP contribution in [-0.4, -0.2) is 0 Å². The largest absolute Gasteiger partial charge is 2.00 e. The predicted octanol–water partition coefficient (Wildman–Crippen LogP) is 2.99. The minimum absolute atomic E-state index is 0. The summed E-state index contributed by atoms with van der Waals surface area (Å²) in [4.78, 5) is 0. The zero-order valence-electron chi connectivity index (χ0n) is 5.79. The van der Waals surface area contributed by atoms with Crippen LogP contribution in [0.1, 0.15) is 5.56 Å². The Morgan fingerprint density at radius 1 is 1.00 bits per heavy atom. The summed E-state index contributed by atoms with van der Waals surface area (Å²) in [5, 5.41) is 8.29. The first-order valence-corrected chi connectivity index (χ1v) is 2.38. The van der Waals surface area contributed by atoms with E-state index in [-0.39, 0.29) is 29.4 Å². The summed E-state index contributed by atoms with van der Waals surface area (Å²) in [5.74, 6) is 0. The SMILES string of the molecule is N#Cc1ccccc1.[Cu+2].[NH2-].[NH2-]. The van der Waals surface area contributed by atoms with Gasteiger partial charge in [-0.25, -0.2) is 0 Å². The van der Waals surface area contributed by atoms with Crippen LogP contribution in [0.2, 0.25) is 0 Å². The summed E-state index contributed by atoms with van der Waals surface area (Å²) in [6.45, 7) is 0. The van der Waals surface area contributed by atoms with Gasteiger partial charge in [-0.1, -0.05) is 18.2 Å². The van der Waals surface area contributed by atoms with Crippen LogP contribution in [0, 0.1) is 11.3 Å². The molecule has 1 radical (unpaired) electrons. The molecule has 1 aromatic carbocycles. The average Bonchev–Trinajstić information content (AvgIpc) is 1.90. The van der Waals surface area contributed by atoms with Gasteiger partial charge in [-0.3, -0.25) is 0 Å². The van der Waals surface area contributed by atoms with Gasteiger partial charge in [-0.2, -0.15) is 5.26 Å². The molecule has 4 heteroatoms. The number of nitriles is 1. The van der Waals surface area contributed by atoms with Crippen LogP contribution in [0.4, 0.5) is 0 Å². The van der Waals surface area contributed by atoms with Crippen molar-refractivity contribution in [3.63, 3.8) is 0 Å². The minimum Gasteiger partial charge on any atom is -0.693 e. The molecule has 0 heterocycles. The standard InChI is InChI=1S/C7H5N.Cu.2H2N/c8-6-7-4-2-1-3-5-7;;;/h1-5H;;2*1H2/q;+2;2*-1. The van der Waals surface area contributed by atoms with E-state index in [1.165, 1.54) is 0 Å². The Bertz CT molecular complexity index is 205. The van der Waals surface area contributed by atoms with Gasteiger partial charge in [-0.15, -0.1) is 0 Å². The van der Waals surface area contributed by atoms with Crippen molar-refractivity contribution >= 4 is 0 Å². The Balaban J connectivity index is -0.000000213. The molecule has 0 bridgehead atoms. The molecule has 0 saturated carbocycles. The number of nitrogens with zero attached hydrogens (tertiary/aromatic N) is 1. The van der Waals surface area contributed by atoms with Crippen molar-refractivity contribution in [1.82, 2.24) is 0 Å². The van der Waals surface area contributed by atoms with Crippen molar-refractivity contribution in [2.24, 2.45) is 0 Å². The quantitative estimate of drug-likeness (QED) is 0.589. The predicted molar refractivity (Wildman–Crippen MR) is 41.7 cm³/mol. The van der Waals surface area contributed by atoms with Gasteiger partial charge in [0.15, 0.2) is 0 Å². The van der Waals surface area contributed by atoms with Crippen LogP contribution in [0.5, 0.6) is 0 Å². The molecule has 0 spiro atoms. The number of benzene rings is 1. The van der Waals surface area contributed by atoms with Crippen molar-refractivity contribution < 1.29 is 17.1 Å². The third-order valence-electron chi connectivity index (χ3n) is 0.903. The first-order chi connectivity index (χ1) is 3.93. The summed E-state index contributed by atoms with van der Waals surface area (Å²) in [6.07, 6.45) is 0. The fraction of sp³-hybridized carbons (Fsp3) is 0. The van der Waals surface area contributed by atoms with Gasteiger partial charge in [0, 0.05) is 0 Å². The Labute approximate surface area is 77.1 Å². The molecular formula is C7H9CuN3. The molecule has 0 aromatic heterocycles. The summed E-state index contributed by atoms with van der Waals surface area (Å²) in [6, 6.07) is 11.2. The van der Waals surface area contributed by atoms with Crippen LogP contribution in [0.3, 0.4) is 0 Å². The van der Waals surface area contributed by atoms with Crippen molar-refractivity contribution in [2.45, 2.75) is 0 Å². The minimum atomic E-state index is 0. The van der Waals surface area contributed by atoms with Gasteiger partial charge in [0.1, 0.15) is 0 Å². The molecule has 0 amide bonds. The van der Waals surface area contributed by atoms with Crippen molar-refractivity contribution in [2.75, 3.05) is 0 Å². The second-order valence-electron chi connectivity index (χ2n) is 1.48. The van der Waals surface area contributed by atoms with Crippen LogP contribution in [-0.2, 0) is 17.1 Å². The van der Waals surface area contributed by atoms with E-state index in [4.69, 9.17) is 5.26 Å². The molecule has 0 fully saturated rings. The molecule has 0 unspecified atom stereocenters. The molecule has 0 aliphatic heterocycles. The van der Waals surface area contributed by atoms with E-state index in [9.17, 15) is 0 Å². The monoisotopic (exact) mass is 198 g/mol. The molecule has 0 atom stereocenters. The molecule has 63 valence electrons.